The van der Waals surface area contributed by atoms with Gasteiger partial charge in [-0.2, -0.15) is 0 Å². The second-order valence-electron chi connectivity index (χ2n) is 9.41. The van der Waals surface area contributed by atoms with Gasteiger partial charge in [-0.15, -0.1) is 0 Å². The zero-order valence-corrected chi connectivity index (χ0v) is 21.0. The summed E-state index contributed by atoms with van der Waals surface area (Å²) in [5.74, 6) is -3.17. The third-order valence-electron chi connectivity index (χ3n) is 6.62. The Labute approximate surface area is 224 Å². The van der Waals surface area contributed by atoms with Crippen molar-refractivity contribution in [1.82, 2.24) is 16.0 Å². The zero-order chi connectivity index (χ0) is 28.3. The Balaban J connectivity index is 1.53. The van der Waals surface area contributed by atoms with Crippen LogP contribution in [-0.4, -0.2) is 77.8 Å². The van der Waals surface area contributed by atoms with Crippen LogP contribution in [0.5, 0.6) is 0 Å². The number of aliphatic carboxylic acids is 1. The van der Waals surface area contributed by atoms with Crippen molar-refractivity contribution in [3.8, 4) is 0 Å². The van der Waals surface area contributed by atoms with E-state index >= 15 is 0 Å². The summed E-state index contributed by atoms with van der Waals surface area (Å²) in [6, 6.07) is 6.06. The van der Waals surface area contributed by atoms with Gasteiger partial charge in [-0.3, -0.25) is 19.2 Å². The van der Waals surface area contributed by atoms with E-state index in [1.807, 2.05) is 0 Å². The first-order chi connectivity index (χ1) is 18.6. The number of fused-ring (bicyclic) bond motifs is 2. The Bertz CT molecular complexity index is 1290. The maximum absolute atomic E-state index is 13.2. The summed E-state index contributed by atoms with van der Waals surface area (Å²) in [5.41, 5.74) is 8.31. The first kappa shape index (κ1) is 28.3. The molecule has 8 N–H and O–H groups in total. The molecule has 39 heavy (non-hydrogen) atoms. The Hall–Kier alpha value is -3.75. The van der Waals surface area contributed by atoms with Gasteiger partial charge in [0.05, 0.1) is 31.7 Å². The van der Waals surface area contributed by atoms with Crippen molar-refractivity contribution in [3.63, 3.8) is 0 Å². The Morgan fingerprint density at radius 2 is 1.41 bits per heavy atom. The molecule has 0 saturated heterocycles. The van der Waals surface area contributed by atoms with Gasteiger partial charge >= 0.3 is 20.2 Å². The molecule has 2 aromatic carbocycles. The molecular weight excluding hydrogens is 510 g/mol. The molecule has 0 aromatic heterocycles. The summed E-state index contributed by atoms with van der Waals surface area (Å²) in [6.45, 7) is 1.75. The minimum atomic E-state index is -1.33. The van der Waals surface area contributed by atoms with E-state index in [1.165, 1.54) is 25.1 Å². The average molecular weight is 538 g/mol. The molecule has 2 aromatic rings. The standard InChI is InChI=1S/C24H28B2N4O9/c1-12(28-22(33)13-2-4-15-10-38-25(36)18(15)6-13)21(24(35)29-17(9-27)8-20(31)32)30-23(34)14-3-5-16-11-39-26(37)19(16)7-14/h2-7,12,17,21,36-37H,8-11,27H2,1H3,(H,28,33)(H,29,35)(H,30,34)(H,31,32). The minimum absolute atomic E-state index is 0.142. The number of nitrogens with one attached hydrogen (secondary N) is 3. The molecule has 0 spiro atoms. The normalized spacial score (nSPS) is 16.1. The summed E-state index contributed by atoms with van der Waals surface area (Å²) in [4.78, 5) is 50.5. The van der Waals surface area contributed by atoms with Gasteiger partial charge in [0.2, 0.25) is 5.91 Å². The van der Waals surface area contributed by atoms with Crippen LogP contribution >= 0.6 is 0 Å². The van der Waals surface area contributed by atoms with Gasteiger partial charge in [0, 0.05) is 17.7 Å². The third kappa shape index (κ3) is 6.46. The number of carboxylic acid groups (broad SMARTS) is 1. The summed E-state index contributed by atoms with van der Waals surface area (Å²) in [6.07, 6.45) is -0.439. The maximum atomic E-state index is 13.2. The van der Waals surface area contributed by atoms with E-state index in [9.17, 15) is 29.2 Å². The van der Waals surface area contributed by atoms with Gasteiger partial charge in [-0.25, -0.2) is 0 Å². The van der Waals surface area contributed by atoms with Crippen LogP contribution in [0.1, 0.15) is 45.2 Å². The predicted octanol–water partition coefficient (Wildman–Crippen LogP) is -3.04. The molecule has 0 bridgehead atoms. The Morgan fingerprint density at radius 1 is 0.897 bits per heavy atom. The topological polar surface area (TPSA) is 210 Å². The SMILES string of the molecule is CC(NC(=O)c1ccc2c(c1)B(O)OC2)C(NC(=O)c1ccc2c(c1)B(O)OC2)C(=O)NC(CN)CC(=O)O. The highest BCUT2D eigenvalue weighted by Crippen LogP contribution is 2.13. The van der Waals surface area contributed by atoms with Crippen molar-refractivity contribution in [2.45, 2.75) is 44.7 Å². The molecule has 15 heteroatoms. The number of benzene rings is 2. The van der Waals surface area contributed by atoms with Crippen LogP contribution in [0.25, 0.3) is 0 Å². The number of carbonyl (C=O) groups is 4. The lowest BCUT2D eigenvalue weighted by Gasteiger charge is -2.27. The monoisotopic (exact) mass is 538 g/mol. The van der Waals surface area contributed by atoms with Crippen LogP contribution in [0.4, 0.5) is 0 Å². The van der Waals surface area contributed by atoms with Crippen molar-refractivity contribution >= 4 is 48.9 Å². The fourth-order valence-corrected chi connectivity index (χ4v) is 4.42. The lowest BCUT2D eigenvalue weighted by atomic mass is 9.78. The van der Waals surface area contributed by atoms with Gasteiger partial charge in [-0.05, 0) is 53.2 Å². The first-order valence-electron chi connectivity index (χ1n) is 12.3. The van der Waals surface area contributed by atoms with E-state index in [0.29, 0.717) is 10.9 Å². The number of rotatable bonds is 10. The van der Waals surface area contributed by atoms with E-state index in [1.54, 1.807) is 18.2 Å². The van der Waals surface area contributed by atoms with Crippen molar-refractivity contribution in [2.24, 2.45) is 5.73 Å². The van der Waals surface area contributed by atoms with Crippen molar-refractivity contribution in [3.05, 3.63) is 58.7 Å². The third-order valence-corrected chi connectivity index (χ3v) is 6.62. The van der Waals surface area contributed by atoms with E-state index in [2.05, 4.69) is 16.0 Å². The fraction of sp³-hybridized carbons (Fsp3) is 0.333. The predicted molar refractivity (Wildman–Crippen MR) is 139 cm³/mol. The van der Waals surface area contributed by atoms with Gasteiger partial charge in [0.15, 0.2) is 0 Å². The number of amides is 3. The Morgan fingerprint density at radius 3 is 1.90 bits per heavy atom. The zero-order valence-electron chi connectivity index (χ0n) is 21.0. The molecule has 3 atom stereocenters. The molecule has 13 nitrogen and oxygen atoms in total. The van der Waals surface area contributed by atoms with Gasteiger partial charge < -0.3 is 46.1 Å². The molecule has 3 unspecified atom stereocenters. The lowest BCUT2D eigenvalue weighted by Crippen LogP contribution is -2.59. The molecule has 2 aliphatic heterocycles. The molecule has 4 rings (SSSR count). The highest BCUT2D eigenvalue weighted by atomic mass is 16.5. The highest BCUT2D eigenvalue weighted by Gasteiger charge is 2.33. The maximum Gasteiger partial charge on any atom is 0.491 e. The molecule has 0 radical (unpaired) electrons. The van der Waals surface area contributed by atoms with Crippen LogP contribution in [0.15, 0.2) is 36.4 Å². The molecule has 0 fully saturated rings. The molecule has 0 saturated carbocycles. The second kappa shape index (κ2) is 12.0. The van der Waals surface area contributed by atoms with Gasteiger partial charge in [0.25, 0.3) is 11.8 Å². The van der Waals surface area contributed by atoms with Crippen LogP contribution in [0.3, 0.4) is 0 Å². The summed E-state index contributed by atoms with van der Waals surface area (Å²) < 4.78 is 10.3. The van der Waals surface area contributed by atoms with E-state index in [-0.39, 0.29) is 30.9 Å². The van der Waals surface area contributed by atoms with Crippen molar-refractivity contribution in [1.29, 1.82) is 0 Å². The van der Waals surface area contributed by atoms with E-state index in [0.717, 1.165) is 11.1 Å². The molecular formula is C24H28B2N4O9. The number of carboxylic acids is 1. The fourth-order valence-electron chi connectivity index (χ4n) is 4.42. The Kier molecular flexibility index (Phi) is 8.67. The average Bonchev–Trinajstić information content (AvgIpc) is 3.47. The largest absolute Gasteiger partial charge is 0.491 e. The number of hydrogen-bond acceptors (Lipinski definition) is 9. The lowest BCUT2D eigenvalue weighted by molar-refractivity contribution is -0.137. The first-order valence-corrected chi connectivity index (χ1v) is 12.3. The second-order valence-corrected chi connectivity index (χ2v) is 9.41. The van der Waals surface area contributed by atoms with Crippen molar-refractivity contribution < 1.29 is 43.6 Å². The smallest absolute Gasteiger partial charge is 0.481 e. The molecule has 2 heterocycles. The van der Waals surface area contributed by atoms with E-state index in [4.69, 9.17) is 20.1 Å². The van der Waals surface area contributed by atoms with Crippen LogP contribution in [-0.2, 0) is 32.1 Å². The van der Waals surface area contributed by atoms with Gasteiger partial charge in [0.1, 0.15) is 6.04 Å². The quantitative estimate of drug-likeness (QED) is 0.152. The van der Waals surface area contributed by atoms with Crippen molar-refractivity contribution in [2.75, 3.05) is 6.54 Å². The molecule has 2 aliphatic rings. The van der Waals surface area contributed by atoms with Crippen LogP contribution in [0.2, 0.25) is 0 Å². The van der Waals surface area contributed by atoms with Crippen LogP contribution in [0, 0.1) is 0 Å². The number of nitrogens with two attached hydrogens (primary N) is 1. The number of hydrogen-bond donors (Lipinski definition) is 7. The van der Waals surface area contributed by atoms with Crippen LogP contribution < -0.4 is 32.6 Å². The van der Waals surface area contributed by atoms with E-state index < -0.39 is 62.5 Å². The highest BCUT2D eigenvalue weighted by molar-refractivity contribution is 6.62. The summed E-state index contributed by atoms with van der Waals surface area (Å²) >= 11 is 0. The molecule has 0 aliphatic carbocycles. The molecule has 204 valence electrons. The number of carbonyl (C=O) groups excluding carboxylic acids is 3. The summed E-state index contributed by atoms with van der Waals surface area (Å²) in [5, 5.41) is 36.8. The summed E-state index contributed by atoms with van der Waals surface area (Å²) in [7, 11) is -2.33. The minimum Gasteiger partial charge on any atom is -0.481 e. The molecule has 3 amide bonds. The van der Waals surface area contributed by atoms with Gasteiger partial charge in [-0.1, -0.05) is 12.1 Å².